The number of rotatable bonds is 7. The Balaban J connectivity index is 3.00. The number of nitrogens with one attached hydrogen (secondary N) is 1. The van der Waals surface area contributed by atoms with E-state index in [9.17, 15) is 9.18 Å². The Morgan fingerprint density at radius 2 is 2.00 bits per heavy atom. The summed E-state index contributed by atoms with van der Waals surface area (Å²) >= 11 is 0. The average molecular weight is 281 g/mol. The van der Waals surface area contributed by atoms with Crippen LogP contribution in [0.1, 0.15) is 31.9 Å². The van der Waals surface area contributed by atoms with Crippen LogP contribution in [0.25, 0.3) is 0 Å². The van der Waals surface area contributed by atoms with Gasteiger partial charge in [-0.25, -0.2) is 4.39 Å². The SMILES string of the molecule is CCCN(CC(=O)NC)C(c1ccc(F)cc1)C(C)N. The second-order valence-corrected chi connectivity index (χ2v) is 5.00. The molecule has 1 aromatic rings. The number of halogens is 1. The van der Waals surface area contributed by atoms with Gasteiger partial charge in [0.15, 0.2) is 0 Å². The van der Waals surface area contributed by atoms with E-state index in [4.69, 9.17) is 5.73 Å². The van der Waals surface area contributed by atoms with E-state index in [-0.39, 0.29) is 30.4 Å². The lowest BCUT2D eigenvalue weighted by molar-refractivity contribution is -0.122. The van der Waals surface area contributed by atoms with E-state index in [1.807, 2.05) is 11.8 Å². The van der Waals surface area contributed by atoms with Crippen molar-refractivity contribution in [3.8, 4) is 0 Å². The molecule has 2 atom stereocenters. The fourth-order valence-corrected chi connectivity index (χ4v) is 2.37. The van der Waals surface area contributed by atoms with Crippen molar-refractivity contribution in [1.29, 1.82) is 0 Å². The minimum Gasteiger partial charge on any atom is -0.358 e. The van der Waals surface area contributed by atoms with Crippen LogP contribution in [0.3, 0.4) is 0 Å². The fraction of sp³-hybridized carbons (Fsp3) is 0.533. The van der Waals surface area contributed by atoms with Crippen LogP contribution in [0, 0.1) is 5.82 Å². The molecule has 0 aliphatic rings. The van der Waals surface area contributed by atoms with Crippen LogP contribution in [-0.2, 0) is 4.79 Å². The van der Waals surface area contributed by atoms with Gasteiger partial charge in [0.25, 0.3) is 0 Å². The maximum atomic E-state index is 13.1. The number of carbonyl (C=O) groups is 1. The van der Waals surface area contributed by atoms with Crippen LogP contribution in [0.15, 0.2) is 24.3 Å². The number of hydrogen-bond donors (Lipinski definition) is 2. The van der Waals surface area contributed by atoms with Crippen molar-refractivity contribution < 1.29 is 9.18 Å². The Kier molecular flexibility index (Phi) is 6.61. The number of nitrogens with zero attached hydrogens (tertiary/aromatic N) is 1. The van der Waals surface area contributed by atoms with Crippen molar-refractivity contribution in [1.82, 2.24) is 10.2 Å². The van der Waals surface area contributed by atoms with Gasteiger partial charge in [-0.15, -0.1) is 0 Å². The maximum absolute atomic E-state index is 13.1. The molecule has 3 N–H and O–H groups in total. The molecule has 2 unspecified atom stereocenters. The number of likely N-dealkylation sites (N-methyl/N-ethyl adjacent to an activating group) is 1. The maximum Gasteiger partial charge on any atom is 0.233 e. The molecule has 0 saturated carbocycles. The van der Waals surface area contributed by atoms with Gasteiger partial charge in [-0.1, -0.05) is 19.1 Å². The standard InChI is InChI=1S/C15H24FN3O/c1-4-9-19(10-14(20)18-3)15(11(2)17)12-5-7-13(16)8-6-12/h5-8,11,15H,4,9-10,17H2,1-3H3,(H,18,20). The largest absolute Gasteiger partial charge is 0.358 e. The van der Waals surface area contributed by atoms with Crippen LogP contribution in [0.4, 0.5) is 4.39 Å². The topological polar surface area (TPSA) is 58.4 Å². The van der Waals surface area contributed by atoms with Crippen molar-refractivity contribution in [3.63, 3.8) is 0 Å². The average Bonchev–Trinajstić information content (AvgIpc) is 2.41. The Morgan fingerprint density at radius 1 is 1.40 bits per heavy atom. The van der Waals surface area contributed by atoms with Gasteiger partial charge < -0.3 is 11.1 Å². The molecule has 112 valence electrons. The number of hydrogen-bond acceptors (Lipinski definition) is 3. The molecule has 0 spiro atoms. The minimum atomic E-state index is -0.273. The lowest BCUT2D eigenvalue weighted by Gasteiger charge is -2.34. The summed E-state index contributed by atoms with van der Waals surface area (Å²) in [7, 11) is 1.62. The summed E-state index contributed by atoms with van der Waals surface area (Å²) in [5, 5.41) is 2.63. The van der Waals surface area contributed by atoms with Gasteiger partial charge in [-0.3, -0.25) is 9.69 Å². The lowest BCUT2D eigenvalue weighted by Crippen LogP contribution is -2.44. The summed E-state index contributed by atoms with van der Waals surface area (Å²) in [5.41, 5.74) is 7.02. The van der Waals surface area contributed by atoms with Gasteiger partial charge in [0, 0.05) is 13.1 Å². The number of amides is 1. The second kappa shape index (κ2) is 7.97. The first-order valence-corrected chi connectivity index (χ1v) is 6.95. The zero-order valence-corrected chi connectivity index (χ0v) is 12.4. The summed E-state index contributed by atoms with van der Waals surface area (Å²) in [4.78, 5) is 13.7. The smallest absolute Gasteiger partial charge is 0.233 e. The van der Waals surface area contributed by atoms with Crippen LogP contribution in [0.5, 0.6) is 0 Å². The van der Waals surface area contributed by atoms with Crippen molar-refractivity contribution in [2.24, 2.45) is 5.73 Å². The molecule has 0 bridgehead atoms. The van der Waals surface area contributed by atoms with E-state index in [1.165, 1.54) is 12.1 Å². The van der Waals surface area contributed by atoms with Crippen LogP contribution >= 0.6 is 0 Å². The molecule has 0 heterocycles. The molecule has 4 nitrogen and oxygen atoms in total. The van der Waals surface area contributed by atoms with Crippen LogP contribution in [0.2, 0.25) is 0 Å². The van der Waals surface area contributed by atoms with Gasteiger partial charge >= 0.3 is 0 Å². The van der Waals surface area contributed by atoms with Crippen molar-refractivity contribution in [3.05, 3.63) is 35.6 Å². The Hall–Kier alpha value is -1.46. The normalized spacial score (nSPS) is 14.1. The van der Waals surface area contributed by atoms with Crippen LogP contribution < -0.4 is 11.1 Å². The predicted molar refractivity (Wildman–Crippen MR) is 78.7 cm³/mol. The van der Waals surface area contributed by atoms with E-state index in [2.05, 4.69) is 12.2 Å². The summed E-state index contributed by atoms with van der Waals surface area (Å²) in [6, 6.07) is 6.05. The molecule has 0 aliphatic carbocycles. The van der Waals surface area contributed by atoms with Crippen LogP contribution in [-0.4, -0.2) is 37.0 Å². The monoisotopic (exact) mass is 281 g/mol. The molecule has 0 saturated heterocycles. The highest BCUT2D eigenvalue weighted by atomic mass is 19.1. The fourth-order valence-electron chi connectivity index (χ4n) is 2.37. The Bertz CT molecular complexity index is 420. The first-order valence-electron chi connectivity index (χ1n) is 6.95. The molecule has 5 heteroatoms. The third-order valence-electron chi connectivity index (χ3n) is 3.24. The Morgan fingerprint density at radius 3 is 2.45 bits per heavy atom. The van der Waals surface area contributed by atoms with Gasteiger partial charge in [0.2, 0.25) is 5.91 Å². The summed E-state index contributed by atoms with van der Waals surface area (Å²) < 4.78 is 13.1. The van der Waals surface area contributed by atoms with Gasteiger partial charge in [-0.05, 0) is 37.6 Å². The zero-order valence-electron chi connectivity index (χ0n) is 12.4. The third kappa shape index (κ3) is 4.58. The van der Waals surface area contributed by atoms with E-state index in [0.29, 0.717) is 0 Å². The van der Waals surface area contributed by atoms with Crippen molar-refractivity contribution in [2.45, 2.75) is 32.4 Å². The quantitative estimate of drug-likeness (QED) is 0.799. The Labute approximate surface area is 120 Å². The van der Waals surface area contributed by atoms with Gasteiger partial charge in [0.05, 0.1) is 12.6 Å². The predicted octanol–water partition coefficient (Wildman–Crippen LogP) is 1.67. The van der Waals surface area contributed by atoms with Gasteiger partial charge in [0.1, 0.15) is 5.82 Å². The third-order valence-corrected chi connectivity index (χ3v) is 3.24. The molecule has 0 aliphatic heterocycles. The van der Waals surface area contributed by atoms with E-state index >= 15 is 0 Å². The van der Waals surface area contributed by atoms with E-state index < -0.39 is 0 Å². The first kappa shape index (κ1) is 16.6. The highest BCUT2D eigenvalue weighted by molar-refractivity contribution is 5.77. The highest BCUT2D eigenvalue weighted by Crippen LogP contribution is 2.24. The number of carbonyl (C=O) groups excluding carboxylic acids is 1. The number of benzene rings is 1. The summed E-state index contributed by atoms with van der Waals surface area (Å²) in [5.74, 6) is -0.322. The highest BCUT2D eigenvalue weighted by Gasteiger charge is 2.25. The van der Waals surface area contributed by atoms with Crippen molar-refractivity contribution in [2.75, 3.05) is 20.1 Å². The minimum absolute atomic E-state index is 0.0498. The molecule has 0 fully saturated rings. The van der Waals surface area contributed by atoms with E-state index in [0.717, 1.165) is 18.5 Å². The molecular formula is C15H24FN3O. The van der Waals surface area contributed by atoms with Gasteiger partial charge in [-0.2, -0.15) is 0 Å². The molecule has 1 amide bonds. The summed E-state index contributed by atoms with van der Waals surface area (Å²) in [6.07, 6.45) is 0.918. The molecule has 0 aromatic heterocycles. The lowest BCUT2D eigenvalue weighted by atomic mass is 9.98. The molecule has 1 aromatic carbocycles. The zero-order chi connectivity index (χ0) is 15.1. The van der Waals surface area contributed by atoms with Crippen molar-refractivity contribution >= 4 is 5.91 Å². The molecular weight excluding hydrogens is 257 g/mol. The molecule has 1 rings (SSSR count). The molecule has 20 heavy (non-hydrogen) atoms. The first-order chi connectivity index (χ1) is 9.49. The molecule has 0 radical (unpaired) electrons. The second-order valence-electron chi connectivity index (χ2n) is 5.00. The number of nitrogens with two attached hydrogens (primary N) is 1. The van der Waals surface area contributed by atoms with E-state index in [1.54, 1.807) is 19.2 Å². The summed E-state index contributed by atoms with van der Waals surface area (Å²) in [6.45, 7) is 5.01.